The molecule has 0 N–H and O–H groups in total. The van der Waals surface area contributed by atoms with Crippen LogP contribution < -0.4 is 8.85 Å². The Balaban J connectivity index is 2.26. The first kappa shape index (κ1) is 59.9. The van der Waals surface area contributed by atoms with E-state index < -0.39 is 40.0 Å². The van der Waals surface area contributed by atoms with Gasteiger partial charge in [0.2, 0.25) is 16.6 Å². The van der Waals surface area contributed by atoms with Crippen LogP contribution in [0.3, 0.4) is 0 Å². The molecule has 0 heterocycles. The van der Waals surface area contributed by atoms with Gasteiger partial charge in [0.05, 0.1) is 23.9 Å². The van der Waals surface area contributed by atoms with Gasteiger partial charge in [-0.1, -0.05) is 133 Å². The molecular formula is C56H92O7SSi3. The second kappa shape index (κ2) is 25.1. The van der Waals surface area contributed by atoms with Crippen LogP contribution in [0.1, 0.15) is 141 Å². The first-order chi connectivity index (χ1) is 30.6. The fourth-order valence-electron chi connectivity index (χ4n) is 6.50. The summed E-state index contributed by atoms with van der Waals surface area (Å²) in [6, 6.07) is 15.0. The number of sulfone groups is 1. The Morgan fingerprint density at radius 1 is 0.627 bits per heavy atom. The SMILES string of the molecule is COC(=O)C(=CCc1cc(O[Si](C)(C)C(C)(C)C)ccc1O[Si](C)(C)C(C)(C)C)CC/C=C(\C)CC/C=C(\C)C(C/C=C(\C)CC/C=C(\C)CO[Si](C)(C)C(C)(C)C)S(=O)(=O)c1ccccc1. The Hall–Kier alpha value is -3.23. The minimum absolute atomic E-state index is 0.0169. The summed E-state index contributed by atoms with van der Waals surface area (Å²) in [7, 11) is -8.26. The molecule has 0 aliphatic carbocycles. The maximum Gasteiger partial charge on any atom is 0.333 e. The lowest BCUT2D eigenvalue weighted by Crippen LogP contribution is -2.44. The maximum absolute atomic E-state index is 14.1. The minimum Gasteiger partial charge on any atom is -0.543 e. The van der Waals surface area contributed by atoms with Crippen LogP contribution in [0.5, 0.6) is 11.5 Å². The van der Waals surface area contributed by atoms with Crippen LogP contribution in [0.2, 0.25) is 54.4 Å². The third kappa shape index (κ3) is 18.9. The molecule has 0 amide bonds. The fourth-order valence-corrected chi connectivity index (χ4v) is 11.4. The molecule has 67 heavy (non-hydrogen) atoms. The highest BCUT2D eigenvalue weighted by Gasteiger charge is 2.41. The van der Waals surface area contributed by atoms with Crippen molar-refractivity contribution in [1.82, 2.24) is 0 Å². The number of hydrogen-bond acceptors (Lipinski definition) is 7. The molecule has 0 saturated heterocycles. The van der Waals surface area contributed by atoms with Gasteiger partial charge in [0.25, 0.3) is 0 Å². The second-order valence-corrected chi connectivity index (χ2v) is 39.7. The zero-order chi connectivity index (χ0) is 51.2. The van der Waals surface area contributed by atoms with Gasteiger partial charge in [-0.25, -0.2) is 13.2 Å². The van der Waals surface area contributed by atoms with Gasteiger partial charge in [-0.3, -0.25) is 0 Å². The monoisotopic (exact) mass is 993 g/mol. The number of carbonyl (C=O) groups excluding carboxylic acids is 1. The molecule has 0 aliphatic heterocycles. The van der Waals surface area contributed by atoms with Crippen molar-refractivity contribution in [2.45, 2.75) is 206 Å². The van der Waals surface area contributed by atoms with Crippen molar-refractivity contribution in [1.29, 1.82) is 0 Å². The zero-order valence-electron chi connectivity index (χ0n) is 45.7. The van der Waals surface area contributed by atoms with E-state index in [0.717, 1.165) is 41.9 Å². The first-order valence-corrected chi connectivity index (χ1v) is 34.8. The standard InChI is InChI=1S/C56H92O7SSi3/c1-43(29-26-32-47(53(57)60-14)36-37-48-41-49(62-66(17,18)55(8,9)10)38-39-51(48)63-67(19,20)56(11,12)13)28-25-31-46(4)52(64(58,59)50-33-22-21-23-34-50)40-35-44(2)27-24-30-45(3)42-61-65(15,16)54(5,6)7/h21-23,29-31,33-36,38-39,41,52H,24-28,32,37,40,42H2,1-20H3/b43-29+,44-35+,45-30+,46-31+,47-36?. The van der Waals surface area contributed by atoms with Crippen LogP contribution >= 0.6 is 0 Å². The Labute approximate surface area is 413 Å². The van der Waals surface area contributed by atoms with Crippen molar-refractivity contribution in [2.24, 2.45) is 0 Å². The van der Waals surface area contributed by atoms with Crippen LogP contribution in [0.25, 0.3) is 0 Å². The molecule has 0 spiro atoms. The topological polar surface area (TPSA) is 88.1 Å². The molecule has 0 aromatic heterocycles. The number of benzene rings is 2. The van der Waals surface area contributed by atoms with Crippen LogP contribution in [-0.4, -0.2) is 58.3 Å². The number of hydrogen-bond donors (Lipinski definition) is 0. The molecular weight excluding hydrogens is 901 g/mol. The summed E-state index contributed by atoms with van der Waals surface area (Å²) >= 11 is 0. The summed E-state index contributed by atoms with van der Waals surface area (Å²) in [6.07, 6.45) is 16.0. The molecule has 1 atom stereocenters. The van der Waals surface area contributed by atoms with E-state index >= 15 is 0 Å². The van der Waals surface area contributed by atoms with E-state index in [0.29, 0.717) is 49.2 Å². The third-order valence-electron chi connectivity index (χ3n) is 14.4. The van der Waals surface area contributed by atoms with Gasteiger partial charge in [0.1, 0.15) is 11.5 Å². The fraction of sp³-hybridized carbons (Fsp3) is 0.589. The number of carbonyl (C=O) groups is 1. The average Bonchev–Trinajstić information content (AvgIpc) is 3.20. The van der Waals surface area contributed by atoms with Crippen molar-refractivity contribution in [3.63, 3.8) is 0 Å². The van der Waals surface area contributed by atoms with Crippen molar-refractivity contribution >= 4 is 40.8 Å². The van der Waals surface area contributed by atoms with Crippen LogP contribution in [0, 0.1) is 0 Å². The number of esters is 1. The molecule has 11 heteroatoms. The number of allylic oxidation sites excluding steroid dienone is 7. The van der Waals surface area contributed by atoms with Gasteiger partial charge in [0.15, 0.2) is 18.2 Å². The predicted molar refractivity (Wildman–Crippen MR) is 294 cm³/mol. The average molecular weight is 994 g/mol. The molecule has 0 saturated carbocycles. The lowest BCUT2D eigenvalue weighted by Gasteiger charge is -2.38. The highest BCUT2D eigenvalue weighted by Crippen LogP contribution is 2.42. The molecule has 2 rings (SSSR count). The molecule has 7 nitrogen and oxygen atoms in total. The lowest BCUT2D eigenvalue weighted by atomic mass is 10.0. The summed E-state index contributed by atoms with van der Waals surface area (Å²) in [5, 5.41) is -0.430. The van der Waals surface area contributed by atoms with E-state index in [1.165, 1.54) is 23.8 Å². The zero-order valence-corrected chi connectivity index (χ0v) is 49.5. The highest BCUT2D eigenvalue weighted by molar-refractivity contribution is 7.92. The second-order valence-electron chi connectivity index (χ2n) is 23.3. The number of rotatable bonds is 24. The van der Waals surface area contributed by atoms with Crippen LogP contribution in [-0.2, 0) is 30.2 Å². The van der Waals surface area contributed by atoms with Crippen molar-refractivity contribution in [2.75, 3.05) is 13.7 Å². The Morgan fingerprint density at radius 2 is 1.13 bits per heavy atom. The molecule has 0 aliphatic rings. The van der Waals surface area contributed by atoms with Gasteiger partial charge in [-0.15, -0.1) is 0 Å². The highest BCUT2D eigenvalue weighted by atomic mass is 32.2. The van der Waals surface area contributed by atoms with Crippen molar-refractivity contribution < 1.29 is 31.2 Å². The van der Waals surface area contributed by atoms with E-state index in [-0.39, 0.29) is 21.1 Å². The Morgan fingerprint density at radius 3 is 1.69 bits per heavy atom. The maximum atomic E-state index is 14.1. The minimum atomic E-state index is -3.62. The van der Waals surface area contributed by atoms with Crippen molar-refractivity contribution in [3.05, 3.63) is 112 Å². The van der Waals surface area contributed by atoms with Gasteiger partial charge in [-0.2, -0.15) is 0 Å². The quantitative estimate of drug-likeness (QED) is 0.0448. The predicted octanol–water partition coefficient (Wildman–Crippen LogP) is 16.5. The van der Waals surface area contributed by atoms with Crippen molar-refractivity contribution in [3.8, 4) is 11.5 Å². The number of ether oxygens (including phenoxy) is 1. The van der Waals surface area contributed by atoms with E-state index in [2.05, 4.69) is 153 Å². The molecule has 0 fully saturated rings. The Kier molecular flexibility index (Phi) is 22.4. The molecule has 0 bridgehead atoms. The van der Waals surface area contributed by atoms with Gasteiger partial charge >= 0.3 is 5.97 Å². The lowest BCUT2D eigenvalue weighted by molar-refractivity contribution is -0.136. The summed E-state index contributed by atoms with van der Waals surface area (Å²) in [5.74, 6) is 1.33. The normalized spacial score (nSPS) is 15.1. The summed E-state index contributed by atoms with van der Waals surface area (Å²) in [6.45, 7) is 42.7. The smallest absolute Gasteiger partial charge is 0.333 e. The van der Waals surface area contributed by atoms with Gasteiger partial charge in [-0.05, 0) is 164 Å². The summed E-state index contributed by atoms with van der Waals surface area (Å²) in [5.41, 5.74) is 6.06. The number of methoxy groups -OCH3 is 1. The third-order valence-corrected chi connectivity index (χ3v) is 29.9. The van der Waals surface area contributed by atoms with E-state index in [1.807, 2.05) is 31.2 Å². The Bertz CT molecular complexity index is 2190. The molecule has 1 unspecified atom stereocenters. The molecule has 2 aromatic rings. The molecule has 2 aromatic carbocycles. The molecule has 376 valence electrons. The largest absolute Gasteiger partial charge is 0.543 e. The summed E-state index contributed by atoms with van der Waals surface area (Å²) in [4.78, 5) is 13.5. The van der Waals surface area contributed by atoms with E-state index in [1.54, 1.807) is 24.3 Å². The van der Waals surface area contributed by atoms with Gasteiger partial charge < -0.3 is 18.0 Å². The van der Waals surface area contributed by atoms with Crippen LogP contribution in [0.4, 0.5) is 0 Å². The molecule has 0 radical (unpaired) electrons. The van der Waals surface area contributed by atoms with Gasteiger partial charge in [0, 0.05) is 11.1 Å². The van der Waals surface area contributed by atoms with E-state index in [4.69, 9.17) is 18.0 Å². The first-order valence-electron chi connectivity index (χ1n) is 24.5. The summed E-state index contributed by atoms with van der Waals surface area (Å²) < 4.78 is 53.5. The van der Waals surface area contributed by atoms with Crippen LogP contribution in [0.15, 0.2) is 112 Å². The van der Waals surface area contributed by atoms with E-state index in [9.17, 15) is 13.2 Å².